The summed E-state index contributed by atoms with van der Waals surface area (Å²) in [5.41, 5.74) is 0.230. The number of aryl methyl sites for hydroxylation is 2. The Morgan fingerprint density at radius 3 is 2.57 bits per heavy atom. The summed E-state index contributed by atoms with van der Waals surface area (Å²) < 4.78 is 41.3. The van der Waals surface area contributed by atoms with Crippen molar-refractivity contribution in [1.29, 1.82) is 0 Å². The fourth-order valence-corrected chi connectivity index (χ4v) is 3.09. The molecule has 1 amide bonds. The Kier molecular flexibility index (Phi) is 4.69. The van der Waals surface area contributed by atoms with Crippen LogP contribution in [0.1, 0.15) is 27.6 Å². The number of rotatable bonds is 3. The number of imidazole rings is 1. The molecule has 152 valence electrons. The maximum atomic E-state index is 13.4. The van der Waals surface area contributed by atoms with Gasteiger partial charge in [-0.3, -0.25) is 4.79 Å². The van der Waals surface area contributed by atoms with E-state index in [2.05, 4.69) is 25.4 Å². The van der Waals surface area contributed by atoms with Crippen LogP contribution in [0.2, 0.25) is 0 Å². The first-order chi connectivity index (χ1) is 14.2. The third-order valence-electron chi connectivity index (χ3n) is 4.31. The average molecular weight is 412 g/mol. The van der Waals surface area contributed by atoms with Gasteiger partial charge >= 0.3 is 6.18 Å². The van der Waals surface area contributed by atoms with Gasteiger partial charge in [-0.1, -0.05) is 18.2 Å². The number of aromatic nitrogens is 5. The van der Waals surface area contributed by atoms with Crippen molar-refractivity contribution in [3.05, 3.63) is 71.4 Å². The largest absolute Gasteiger partial charge is 0.417 e. The molecule has 0 aliphatic heterocycles. The van der Waals surface area contributed by atoms with Gasteiger partial charge in [-0.15, -0.1) is 0 Å². The Bertz CT molecular complexity index is 1240. The second kappa shape index (κ2) is 7.21. The molecule has 0 saturated carbocycles. The highest BCUT2D eigenvalue weighted by Gasteiger charge is 2.33. The van der Waals surface area contributed by atoms with E-state index < -0.39 is 17.6 Å². The average Bonchev–Trinajstić information content (AvgIpc) is 3.10. The first-order valence-electron chi connectivity index (χ1n) is 8.87. The molecule has 4 rings (SSSR count). The summed E-state index contributed by atoms with van der Waals surface area (Å²) >= 11 is 0. The van der Waals surface area contributed by atoms with Crippen LogP contribution in [-0.2, 0) is 6.18 Å². The van der Waals surface area contributed by atoms with Gasteiger partial charge in [0.15, 0.2) is 11.3 Å². The Morgan fingerprint density at radius 1 is 1.07 bits per heavy atom. The first-order valence-corrected chi connectivity index (χ1v) is 8.87. The third-order valence-corrected chi connectivity index (χ3v) is 4.31. The molecule has 3 aromatic heterocycles. The van der Waals surface area contributed by atoms with Crippen LogP contribution in [0.5, 0.6) is 0 Å². The number of hydrogen-bond donors (Lipinski definition) is 1. The maximum Gasteiger partial charge on any atom is 0.417 e. The highest BCUT2D eigenvalue weighted by atomic mass is 19.4. The summed E-state index contributed by atoms with van der Waals surface area (Å²) in [5.74, 6) is 0.250. The topological polar surface area (TPSA) is 85.1 Å². The lowest BCUT2D eigenvalue weighted by molar-refractivity contribution is -0.137. The van der Waals surface area contributed by atoms with E-state index in [1.165, 1.54) is 41.0 Å². The van der Waals surface area contributed by atoms with Gasteiger partial charge in [0, 0.05) is 17.3 Å². The SMILES string of the molecule is Cc1cc(NC(=O)c2cnc3ccc(-c4ccccc4C(F)(F)F)nn23)nc(C)n1. The molecule has 1 aromatic carbocycles. The van der Waals surface area contributed by atoms with E-state index in [4.69, 9.17) is 0 Å². The summed E-state index contributed by atoms with van der Waals surface area (Å²) in [6.07, 6.45) is -3.23. The normalized spacial score (nSPS) is 11.6. The van der Waals surface area contributed by atoms with E-state index in [0.29, 0.717) is 23.0 Å². The minimum atomic E-state index is -4.54. The summed E-state index contributed by atoms with van der Waals surface area (Å²) in [6.45, 7) is 3.47. The molecule has 3 heterocycles. The van der Waals surface area contributed by atoms with Crippen molar-refractivity contribution in [3.63, 3.8) is 0 Å². The van der Waals surface area contributed by atoms with Crippen LogP contribution in [-0.4, -0.2) is 30.5 Å². The van der Waals surface area contributed by atoms with Gasteiger partial charge in [0.25, 0.3) is 5.91 Å². The number of nitrogens with one attached hydrogen (secondary N) is 1. The molecule has 7 nitrogen and oxygen atoms in total. The minimum Gasteiger partial charge on any atom is -0.305 e. The smallest absolute Gasteiger partial charge is 0.305 e. The number of anilines is 1. The Balaban J connectivity index is 1.75. The lowest BCUT2D eigenvalue weighted by Gasteiger charge is -2.12. The molecule has 0 aliphatic carbocycles. The van der Waals surface area contributed by atoms with Crippen LogP contribution in [0, 0.1) is 13.8 Å². The zero-order chi connectivity index (χ0) is 21.5. The van der Waals surface area contributed by atoms with Crippen LogP contribution in [0.4, 0.5) is 19.0 Å². The molecule has 0 unspecified atom stereocenters. The molecule has 0 spiro atoms. The van der Waals surface area contributed by atoms with E-state index in [9.17, 15) is 18.0 Å². The summed E-state index contributed by atoms with van der Waals surface area (Å²) in [5, 5.41) is 6.88. The fourth-order valence-electron chi connectivity index (χ4n) is 3.09. The molecule has 30 heavy (non-hydrogen) atoms. The van der Waals surface area contributed by atoms with Crippen molar-refractivity contribution < 1.29 is 18.0 Å². The highest BCUT2D eigenvalue weighted by molar-refractivity contribution is 6.02. The highest BCUT2D eigenvalue weighted by Crippen LogP contribution is 2.36. The number of nitrogens with zero attached hydrogens (tertiary/aromatic N) is 5. The standard InChI is InChI=1S/C20H15F3N6O/c1-11-9-17(26-12(2)25-11)27-19(30)16-10-24-18-8-7-15(28-29(16)18)13-5-3-4-6-14(13)20(21,22)23/h3-10H,1-2H3,(H,25,26,27,30). The Labute approximate surface area is 168 Å². The fraction of sp³-hybridized carbons (Fsp3) is 0.150. The minimum absolute atomic E-state index is 0.0604. The second-order valence-corrected chi connectivity index (χ2v) is 6.57. The maximum absolute atomic E-state index is 13.4. The molecule has 0 bridgehead atoms. The van der Waals surface area contributed by atoms with Crippen molar-refractivity contribution in [2.75, 3.05) is 5.32 Å². The molecule has 10 heteroatoms. The number of hydrogen-bond acceptors (Lipinski definition) is 5. The lowest BCUT2D eigenvalue weighted by Crippen LogP contribution is -2.17. The molecule has 0 radical (unpaired) electrons. The van der Waals surface area contributed by atoms with Gasteiger partial charge in [-0.2, -0.15) is 18.3 Å². The molecule has 0 aliphatic rings. The summed E-state index contributed by atoms with van der Waals surface area (Å²) in [7, 11) is 0. The van der Waals surface area contributed by atoms with Crippen molar-refractivity contribution in [2.45, 2.75) is 20.0 Å². The predicted octanol–water partition coefficient (Wildman–Crippen LogP) is 4.07. The van der Waals surface area contributed by atoms with Gasteiger partial charge in [0.1, 0.15) is 11.6 Å². The van der Waals surface area contributed by atoms with E-state index in [0.717, 1.165) is 6.07 Å². The first kappa shape index (κ1) is 19.5. The van der Waals surface area contributed by atoms with Crippen molar-refractivity contribution in [1.82, 2.24) is 24.6 Å². The van der Waals surface area contributed by atoms with Crippen LogP contribution >= 0.6 is 0 Å². The molecule has 0 atom stereocenters. The van der Waals surface area contributed by atoms with Crippen molar-refractivity contribution in [2.24, 2.45) is 0 Å². The van der Waals surface area contributed by atoms with E-state index in [1.54, 1.807) is 19.9 Å². The molecular weight excluding hydrogens is 397 g/mol. The van der Waals surface area contributed by atoms with Gasteiger partial charge in [0.05, 0.1) is 17.5 Å². The molecule has 4 aromatic rings. The van der Waals surface area contributed by atoms with E-state index >= 15 is 0 Å². The van der Waals surface area contributed by atoms with Crippen LogP contribution in [0.25, 0.3) is 16.9 Å². The van der Waals surface area contributed by atoms with Crippen LogP contribution < -0.4 is 5.32 Å². The number of benzene rings is 1. The Morgan fingerprint density at radius 2 is 1.83 bits per heavy atom. The number of alkyl halides is 3. The quantitative estimate of drug-likeness (QED) is 0.548. The van der Waals surface area contributed by atoms with Crippen LogP contribution in [0.15, 0.2) is 48.7 Å². The number of amides is 1. The molecule has 1 N–H and O–H groups in total. The summed E-state index contributed by atoms with van der Waals surface area (Å²) in [6, 6.07) is 9.68. The number of carbonyl (C=O) groups excluding carboxylic acids is 1. The number of halogens is 3. The predicted molar refractivity (Wildman–Crippen MR) is 103 cm³/mol. The van der Waals surface area contributed by atoms with Gasteiger partial charge in [-0.25, -0.2) is 19.5 Å². The van der Waals surface area contributed by atoms with Gasteiger partial charge < -0.3 is 5.32 Å². The van der Waals surface area contributed by atoms with E-state index in [-0.39, 0.29) is 17.0 Å². The lowest BCUT2D eigenvalue weighted by atomic mass is 10.0. The van der Waals surface area contributed by atoms with Crippen molar-refractivity contribution in [3.8, 4) is 11.3 Å². The Hall–Kier alpha value is -3.82. The third kappa shape index (κ3) is 3.71. The van der Waals surface area contributed by atoms with Crippen LogP contribution in [0.3, 0.4) is 0 Å². The van der Waals surface area contributed by atoms with E-state index in [1.807, 2.05) is 0 Å². The number of fused-ring (bicyclic) bond motifs is 1. The second-order valence-electron chi connectivity index (χ2n) is 6.57. The summed E-state index contributed by atoms with van der Waals surface area (Å²) in [4.78, 5) is 25.1. The molecule has 0 fully saturated rings. The van der Waals surface area contributed by atoms with Gasteiger partial charge in [0.2, 0.25) is 0 Å². The molecular formula is C20H15F3N6O. The number of carbonyl (C=O) groups is 1. The zero-order valence-electron chi connectivity index (χ0n) is 15.9. The monoisotopic (exact) mass is 412 g/mol. The van der Waals surface area contributed by atoms with Gasteiger partial charge in [-0.05, 0) is 32.0 Å². The zero-order valence-corrected chi connectivity index (χ0v) is 15.9. The van der Waals surface area contributed by atoms with Crippen molar-refractivity contribution >= 4 is 17.4 Å². The molecule has 0 saturated heterocycles.